The van der Waals surface area contributed by atoms with Crippen LogP contribution in [0.25, 0.3) is 0 Å². The molecule has 0 atom stereocenters. The maximum atomic E-state index is 11.7. The molecule has 1 aromatic carbocycles. The summed E-state index contributed by atoms with van der Waals surface area (Å²) in [5.74, 6) is -1.15. The van der Waals surface area contributed by atoms with Gasteiger partial charge in [-0.3, -0.25) is 15.1 Å². The Morgan fingerprint density at radius 3 is 2.05 bits per heavy atom. The van der Waals surface area contributed by atoms with Crippen LogP contribution in [0.3, 0.4) is 0 Å². The molecule has 3 nitrogen and oxygen atoms in total. The van der Waals surface area contributed by atoms with Crippen LogP contribution < -0.4 is 5.32 Å². The van der Waals surface area contributed by atoms with E-state index in [0.29, 0.717) is 0 Å². The standard InChI is InChI=1S/C8H6F3NO.C6H7N/c9-8(10,11)12-7(13)6-4-2-1-3-5-6;1-6-4-2-3-5-7-6/h1-5H,(H,12,13);2-5H,1H3. The lowest BCUT2D eigenvalue weighted by atomic mass is 10.2. The van der Waals surface area contributed by atoms with E-state index in [1.807, 2.05) is 25.1 Å². The van der Waals surface area contributed by atoms with E-state index in [9.17, 15) is 18.0 Å². The van der Waals surface area contributed by atoms with E-state index >= 15 is 0 Å². The molecule has 1 amide bonds. The number of nitrogens with one attached hydrogen (secondary N) is 1. The zero-order chi connectivity index (χ0) is 15.0. The minimum atomic E-state index is -4.67. The van der Waals surface area contributed by atoms with Gasteiger partial charge >= 0.3 is 6.30 Å². The van der Waals surface area contributed by atoms with Crippen molar-refractivity contribution < 1.29 is 18.0 Å². The minimum Gasteiger partial charge on any atom is -0.269 e. The molecule has 0 fully saturated rings. The third-order valence-corrected chi connectivity index (χ3v) is 2.10. The van der Waals surface area contributed by atoms with Crippen LogP contribution in [0.5, 0.6) is 0 Å². The average Bonchev–Trinajstić information content (AvgIpc) is 2.39. The van der Waals surface area contributed by atoms with Gasteiger partial charge in [-0.05, 0) is 31.2 Å². The lowest BCUT2D eigenvalue weighted by Gasteiger charge is -2.07. The molecular weight excluding hydrogens is 269 g/mol. The minimum absolute atomic E-state index is 0.0141. The van der Waals surface area contributed by atoms with Crippen molar-refractivity contribution >= 4 is 5.91 Å². The summed E-state index contributed by atoms with van der Waals surface area (Å²) in [5.41, 5.74) is 1.06. The second-order valence-corrected chi connectivity index (χ2v) is 3.79. The van der Waals surface area contributed by atoms with Gasteiger partial charge in [0.2, 0.25) is 0 Å². The molecule has 0 unspecified atom stereocenters. The van der Waals surface area contributed by atoms with Crippen LogP contribution in [0.2, 0.25) is 0 Å². The zero-order valence-corrected chi connectivity index (χ0v) is 10.7. The van der Waals surface area contributed by atoms with Gasteiger partial charge in [0.05, 0.1) is 0 Å². The van der Waals surface area contributed by atoms with E-state index in [1.54, 1.807) is 12.3 Å². The summed E-state index contributed by atoms with van der Waals surface area (Å²) in [6.45, 7) is 1.97. The van der Waals surface area contributed by atoms with Crippen molar-refractivity contribution in [3.63, 3.8) is 0 Å². The summed E-state index contributed by atoms with van der Waals surface area (Å²) in [6, 6.07) is 13.1. The van der Waals surface area contributed by atoms with E-state index in [2.05, 4.69) is 4.98 Å². The van der Waals surface area contributed by atoms with Crippen LogP contribution in [0.4, 0.5) is 13.2 Å². The summed E-state index contributed by atoms with van der Waals surface area (Å²) in [4.78, 5) is 14.8. The molecule has 2 rings (SSSR count). The Kier molecular flexibility index (Phi) is 5.71. The number of carbonyl (C=O) groups excluding carboxylic acids is 1. The van der Waals surface area contributed by atoms with E-state index in [0.717, 1.165) is 11.0 Å². The number of benzene rings is 1. The monoisotopic (exact) mass is 282 g/mol. The number of nitrogens with zero attached hydrogens (tertiary/aromatic N) is 1. The lowest BCUT2D eigenvalue weighted by molar-refractivity contribution is -0.146. The molecule has 0 spiro atoms. The maximum Gasteiger partial charge on any atom is 0.484 e. The van der Waals surface area contributed by atoms with Crippen molar-refractivity contribution in [2.75, 3.05) is 0 Å². The molecule has 2 aromatic rings. The van der Waals surface area contributed by atoms with Gasteiger partial charge in [0.1, 0.15) is 0 Å². The highest BCUT2D eigenvalue weighted by atomic mass is 19.4. The van der Waals surface area contributed by atoms with Crippen LogP contribution in [0, 0.1) is 6.92 Å². The first-order valence-electron chi connectivity index (χ1n) is 5.70. The normalized spacial score (nSPS) is 10.2. The second kappa shape index (κ2) is 7.28. The van der Waals surface area contributed by atoms with E-state index in [1.165, 1.54) is 24.3 Å². The fourth-order valence-electron chi connectivity index (χ4n) is 1.24. The first-order chi connectivity index (χ1) is 9.38. The number of rotatable bonds is 1. The molecule has 0 radical (unpaired) electrons. The average molecular weight is 282 g/mol. The van der Waals surface area contributed by atoms with Crippen molar-refractivity contribution in [3.8, 4) is 0 Å². The van der Waals surface area contributed by atoms with Crippen LogP contribution in [0.1, 0.15) is 16.1 Å². The Bertz CT molecular complexity index is 527. The SMILES string of the molecule is Cc1ccccn1.O=C(NC(F)(F)F)c1ccccc1. The molecule has 20 heavy (non-hydrogen) atoms. The molecule has 0 saturated heterocycles. The highest BCUT2D eigenvalue weighted by Gasteiger charge is 2.30. The third-order valence-electron chi connectivity index (χ3n) is 2.10. The topological polar surface area (TPSA) is 42.0 Å². The Labute approximate surface area is 114 Å². The number of hydrogen-bond acceptors (Lipinski definition) is 2. The van der Waals surface area contributed by atoms with Crippen molar-refractivity contribution in [2.24, 2.45) is 0 Å². The first kappa shape index (κ1) is 15.7. The number of carbonyl (C=O) groups is 1. The number of aromatic nitrogens is 1. The molecule has 106 valence electrons. The largest absolute Gasteiger partial charge is 0.484 e. The van der Waals surface area contributed by atoms with Gasteiger partial charge in [-0.15, -0.1) is 0 Å². The molecule has 0 bridgehead atoms. The number of aryl methyl sites for hydroxylation is 1. The molecule has 1 N–H and O–H groups in total. The van der Waals surface area contributed by atoms with E-state index in [-0.39, 0.29) is 5.56 Å². The molecule has 0 aliphatic carbocycles. The van der Waals surface area contributed by atoms with Crippen molar-refractivity contribution in [1.82, 2.24) is 10.3 Å². The third kappa shape index (κ3) is 6.53. The number of alkyl halides is 3. The summed E-state index contributed by atoms with van der Waals surface area (Å²) >= 11 is 0. The summed E-state index contributed by atoms with van der Waals surface area (Å²) < 4.78 is 35.0. The summed E-state index contributed by atoms with van der Waals surface area (Å²) in [6.07, 6.45) is -2.89. The molecule has 0 aliphatic heterocycles. The molecular formula is C14H13F3N2O. The van der Waals surface area contributed by atoms with Crippen molar-refractivity contribution in [1.29, 1.82) is 0 Å². The van der Waals surface area contributed by atoms with Gasteiger partial charge in [0.15, 0.2) is 0 Å². The summed E-state index contributed by atoms with van der Waals surface area (Å²) in [7, 11) is 0. The predicted molar refractivity (Wildman–Crippen MR) is 68.9 cm³/mol. The Morgan fingerprint density at radius 1 is 1.05 bits per heavy atom. The number of amides is 1. The summed E-state index contributed by atoms with van der Waals surface area (Å²) in [5, 5.41) is 0.896. The highest BCUT2D eigenvalue weighted by molar-refractivity contribution is 5.94. The Hall–Kier alpha value is -2.37. The molecule has 0 aliphatic rings. The van der Waals surface area contributed by atoms with Gasteiger partial charge in [-0.25, -0.2) is 0 Å². The van der Waals surface area contributed by atoms with Crippen LogP contribution >= 0.6 is 0 Å². The zero-order valence-electron chi connectivity index (χ0n) is 10.7. The predicted octanol–water partition coefficient (Wildman–Crippen LogP) is 3.33. The Balaban J connectivity index is 0.000000240. The van der Waals surface area contributed by atoms with Crippen LogP contribution in [0.15, 0.2) is 54.7 Å². The number of halogens is 3. The van der Waals surface area contributed by atoms with Gasteiger partial charge in [-0.2, -0.15) is 13.2 Å². The Morgan fingerprint density at radius 2 is 1.65 bits per heavy atom. The van der Waals surface area contributed by atoms with Gasteiger partial charge in [0.25, 0.3) is 5.91 Å². The van der Waals surface area contributed by atoms with Gasteiger partial charge in [0, 0.05) is 17.5 Å². The number of hydrogen-bond donors (Lipinski definition) is 1. The van der Waals surface area contributed by atoms with E-state index in [4.69, 9.17) is 0 Å². The smallest absolute Gasteiger partial charge is 0.269 e. The van der Waals surface area contributed by atoms with Crippen molar-refractivity contribution in [2.45, 2.75) is 13.2 Å². The molecule has 1 heterocycles. The van der Waals surface area contributed by atoms with Crippen LogP contribution in [-0.4, -0.2) is 17.2 Å². The van der Waals surface area contributed by atoms with Crippen molar-refractivity contribution in [3.05, 3.63) is 66.0 Å². The first-order valence-corrected chi connectivity index (χ1v) is 5.70. The lowest BCUT2D eigenvalue weighted by Crippen LogP contribution is -2.37. The quantitative estimate of drug-likeness (QED) is 0.815. The van der Waals surface area contributed by atoms with Gasteiger partial charge in [-0.1, -0.05) is 24.3 Å². The van der Waals surface area contributed by atoms with E-state index < -0.39 is 12.2 Å². The maximum absolute atomic E-state index is 11.7. The number of pyridine rings is 1. The fraction of sp³-hybridized carbons (Fsp3) is 0.143. The molecule has 0 saturated carbocycles. The second-order valence-electron chi connectivity index (χ2n) is 3.79. The molecule has 6 heteroatoms. The van der Waals surface area contributed by atoms with Crippen LogP contribution in [-0.2, 0) is 0 Å². The molecule has 1 aromatic heterocycles. The fourth-order valence-corrected chi connectivity index (χ4v) is 1.24. The van der Waals surface area contributed by atoms with Gasteiger partial charge < -0.3 is 0 Å². The highest BCUT2D eigenvalue weighted by Crippen LogP contribution is 2.11.